The number of hydrogen-bond acceptors (Lipinski definition) is 4. The molecule has 0 aromatic rings. The number of nitrogens with one attached hydrogen (secondary N) is 1. The molecule has 0 saturated heterocycles. The molecule has 0 aliphatic heterocycles. The monoisotopic (exact) mass is 328 g/mol. The highest BCUT2D eigenvalue weighted by molar-refractivity contribution is 7.93. The molecule has 1 rings (SSSR count). The molecule has 126 valence electrons. The Morgan fingerprint density at radius 1 is 1.27 bits per heavy atom. The van der Waals surface area contributed by atoms with Crippen LogP contribution in [0.1, 0.15) is 20.8 Å². The smallest absolute Gasteiger partial charge is 0.240 e. The zero-order chi connectivity index (χ0) is 16.6. The van der Waals surface area contributed by atoms with Crippen LogP contribution in [0.15, 0.2) is 35.3 Å². The van der Waals surface area contributed by atoms with Gasteiger partial charge in [-0.3, -0.25) is 0 Å². The molecule has 0 saturated carbocycles. The zero-order valence-electron chi connectivity index (χ0n) is 14.0. The first-order valence-corrected chi connectivity index (χ1v) is 9.09. The Kier molecular flexibility index (Phi) is 7.48. The minimum absolute atomic E-state index is 0.132. The summed E-state index contributed by atoms with van der Waals surface area (Å²) in [5.74, 6) is 0. The number of methoxy groups -OCH3 is 1. The molecule has 0 amide bonds. The van der Waals surface area contributed by atoms with Crippen molar-refractivity contribution in [1.29, 1.82) is 0 Å². The van der Waals surface area contributed by atoms with Gasteiger partial charge in [-0.2, -0.15) is 0 Å². The minimum Gasteiger partial charge on any atom is -0.383 e. The molecule has 5 nitrogen and oxygen atoms in total. The Labute approximate surface area is 134 Å². The lowest BCUT2D eigenvalue weighted by atomic mass is 9.93. The topological polar surface area (TPSA) is 58.6 Å². The van der Waals surface area contributed by atoms with E-state index in [4.69, 9.17) is 4.74 Å². The second-order valence-electron chi connectivity index (χ2n) is 5.91. The average Bonchev–Trinajstić information content (AvgIpc) is 2.63. The number of nitrogens with zero attached hydrogens (tertiary/aromatic N) is 1. The number of sulfonamides is 1. The van der Waals surface area contributed by atoms with Gasteiger partial charge in [0.2, 0.25) is 10.0 Å². The summed E-state index contributed by atoms with van der Waals surface area (Å²) in [6, 6.07) is 0. The highest BCUT2D eigenvalue weighted by atomic mass is 32.2. The van der Waals surface area contributed by atoms with Crippen LogP contribution < -0.4 is 4.72 Å². The number of hydrogen-bond donors (Lipinski definition) is 1. The fourth-order valence-corrected chi connectivity index (χ4v) is 3.08. The Morgan fingerprint density at radius 3 is 2.64 bits per heavy atom. The van der Waals surface area contributed by atoms with E-state index in [1.165, 1.54) is 0 Å². The van der Waals surface area contributed by atoms with Crippen LogP contribution in [-0.4, -0.2) is 53.2 Å². The van der Waals surface area contributed by atoms with Crippen molar-refractivity contribution < 1.29 is 13.2 Å². The van der Waals surface area contributed by atoms with Gasteiger partial charge in [0.05, 0.1) is 11.5 Å². The molecule has 0 atom stereocenters. The molecule has 0 aromatic heterocycles. The standard InChI is InChI=1S/C16H28N2O3S/c1-5-18(13-14-21-4)12-11-17-22(19,20)15-7-6-9-16(2,3)10-8-15/h6-10,17H,5,11-14H2,1-4H3. The third-order valence-electron chi connectivity index (χ3n) is 3.55. The molecule has 1 N–H and O–H groups in total. The largest absolute Gasteiger partial charge is 0.383 e. The highest BCUT2D eigenvalue weighted by Crippen LogP contribution is 2.23. The van der Waals surface area contributed by atoms with E-state index in [-0.39, 0.29) is 5.41 Å². The summed E-state index contributed by atoms with van der Waals surface area (Å²) in [7, 11) is -1.80. The normalized spacial score (nSPS) is 17.6. The van der Waals surface area contributed by atoms with Crippen LogP contribution in [0.5, 0.6) is 0 Å². The molecular formula is C16H28N2O3S. The van der Waals surface area contributed by atoms with Crippen molar-refractivity contribution in [3.63, 3.8) is 0 Å². The van der Waals surface area contributed by atoms with Gasteiger partial charge in [0.1, 0.15) is 0 Å². The quantitative estimate of drug-likeness (QED) is 0.702. The molecule has 0 bridgehead atoms. The lowest BCUT2D eigenvalue weighted by Crippen LogP contribution is -2.36. The SMILES string of the molecule is CCN(CCNS(=O)(=O)C1=CC=CC(C)(C)C=C1)CCOC. The second kappa shape index (κ2) is 8.62. The summed E-state index contributed by atoms with van der Waals surface area (Å²) in [6.45, 7) is 9.48. The Morgan fingerprint density at radius 2 is 2.00 bits per heavy atom. The van der Waals surface area contributed by atoms with Gasteiger partial charge in [-0.25, -0.2) is 13.1 Å². The average molecular weight is 328 g/mol. The van der Waals surface area contributed by atoms with E-state index in [0.717, 1.165) is 13.1 Å². The third-order valence-corrected chi connectivity index (χ3v) is 5.03. The first-order chi connectivity index (χ1) is 10.3. The van der Waals surface area contributed by atoms with E-state index in [0.29, 0.717) is 24.6 Å². The molecule has 0 fully saturated rings. The van der Waals surface area contributed by atoms with Crippen molar-refractivity contribution in [3.05, 3.63) is 35.3 Å². The lowest BCUT2D eigenvalue weighted by molar-refractivity contribution is 0.152. The molecule has 0 heterocycles. The molecule has 1 aliphatic rings. The van der Waals surface area contributed by atoms with Crippen molar-refractivity contribution in [3.8, 4) is 0 Å². The summed E-state index contributed by atoms with van der Waals surface area (Å²) in [5.41, 5.74) is -0.132. The minimum atomic E-state index is -3.47. The summed E-state index contributed by atoms with van der Waals surface area (Å²) in [6.07, 6.45) is 8.99. The summed E-state index contributed by atoms with van der Waals surface area (Å²) in [4.78, 5) is 2.45. The van der Waals surface area contributed by atoms with Crippen molar-refractivity contribution >= 4 is 10.0 Å². The van der Waals surface area contributed by atoms with Crippen molar-refractivity contribution in [2.45, 2.75) is 20.8 Å². The van der Waals surface area contributed by atoms with E-state index >= 15 is 0 Å². The van der Waals surface area contributed by atoms with Crippen molar-refractivity contribution in [2.24, 2.45) is 5.41 Å². The number of rotatable bonds is 9. The van der Waals surface area contributed by atoms with E-state index in [9.17, 15) is 8.42 Å². The molecule has 0 radical (unpaired) electrons. The molecule has 6 heteroatoms. The maximum Gasteiger partial charge on any atom is 0.240 e. The molecular weight excluding hydrogens is 300 g/mol. The predicted molar refractivity (Wildman–Crippen MR) is 91.1 cm³/mol. The Balaban J connectivity index is 2.58. The summed E-state index contributed by atoms with van der Waals surface area (Å²) >= 11 is 0. The van der Waals surface area contributed by atoms with Crippen LogP contribution in [0, 0.1) is 5.41 Å². The van der Waals surface area contributed by atoms with Gasteiger partial charge in [0.25, 0.3) is 0 Å². The van der Waals surface area contributed by atoms with E-state index in [1.54, 1.807) is 25.3 Å². The molecule has 0 aromatic carbocycles. The van der Waals surface area contributed by atoms with Gasteiger partial charge in [-0.15, -0.1) is 0 Å². The van der Waals surface area contributed by atoms with Gasteiger partial charge < -0.3 is 9.64 Å². The number of likely N-dealkylation sites (N-methyl/N-ethyl adjacent to an activating group) is 1. The van der Waals surface area contributed by atoms with Gasteiger partial charge in [-0.1, -0.05) is 39.0 Å². The van der Waals surface area contributed by atoms with E-state index < -0.39 is 10.0 Å². The van der Waals surface area contributed by atoms with Crippen LogP contribution in [0.25, 0.3) is 0 Å². The lowest BCUT2D eigenvalue weighted by Gasteiger charge is -2.20. The van der Waals surface area contributed by atoms with Crippen LogP contribution in [-0.2, 0) is 14.8 Å². The Bertz CT molecular complexity index is 534. The fraction of sp³-hybridized carbons (Fsp3) is 0.625. The van der Waals surface area contributed by atoms with Crippen molar-refractivity contribution in [1.82, 2.24) is 9.62 Å². The molecule has 1 aliphatic carbocycles. The zero-order valence-corrected chi connectivity index (χ0v) is 14.8. The number of allylic oxidation sites excluding steroid dienone is 5. The van der Waals surface area contributed by atoms with E-state index in [2.05, 4.69) is 9.62 Å². The van der Waals surface area contributed by atoms with Gasteiger partial charge in [-0.05, 0) is 18.7 Å². The summed E-state index contributed by atoms with van der Waals surface area (Å²) in [5, 5.41) is 0. The summed E-state index contributed by atoms with van der Waals surface area (Å²) < 4.78 is 32.4. The van der Waals surface area contributed by atoms with Gasteiger partial charge in [0.15, 0.2) is 0 Å². The fourth-order valence-electron chi connectivity index (χ4n) is 2.05. The van der Waals surface area contributed by atoms with Crippen LogP contribution in [0.3, 0.4) is 0 Å². The molecule has 0 spiro atoms. The second-order valence-corrected chi connectivity index (χ2v) is 7.67. The van der Waals surface area contributed by atoms with E-state index in [1.807, 2.05) is 32.9 Å². The first-order valence-electron chi connectivity index (χ1n) is 7.60. The van der Waals surface area contributed by atoms with Gasteiger partial charge in [0, 0.05) is 32.2 Å². The maximum atomic E-state index is 12.3. The number of ether oxygens (including phenoxy) is 1. The third kappa shape index (κ3) is 6.44. The maximum absolute atomic E-state index is 12.3. The highest BCUT2D eigenvalue weighted by Gasteiger charge is 2.18. The van der Waals surface area contributed by atoms with Crippen LogP contribution in [0.2, 0.25) is 0 Å². The van der Waals surface area contributed by atoms with Gasteiger partial charge >= 0.3 is 0 Å². The van der Waals surface area contributed by atoms with Crippen LogP contribution in [0.4, 0.5) is 0 Å². The molecule has 22 heavy (non-hydrogen) atoms. The van der Waals surface area contributed by atoms with Crippen molar-refractivity contribution in [2.75, 3.05) is 39.9 Å². The predicted octanol–water partition coefficient (Wildman–Crippen LogP) is 1.91. The molecule has 0 unspecified atom stereocenters. The first kappa shape index (κ1) is 19.1. The Hall–Kier alpha value is -0.950. The van der Waals surface area contributed by atoms with Crippen LogP contribution >= 0.6 is 0 Å².